The Morgan fingerprint density at radius 3 is 1.92 bits per heavy atom. The van der Waals surface area contributed by atoms with Crippen molar-refractivity contribution in [3.63, 3.8) is 0 Å². The van der Waals surface area contributed by atoms with Gasteiger partial charge in [0.15, 0.2) is 0 Å². The summed E-state index contributed by atoms with van der Waals surface area (Å²) in [6.45, 7) is 5.94. The van der Waals surface area contributed by atoms with Gasteiger partial charge in [0.25, 0.3) is 0 Å². The minimum atomic E-state index is -0.243. The van der Waals surface area contributed by atoms with Crippen LogP contribution in [0.1, 0.15) is 46.0 Å². The van der Waals surface area contributed by atoms with Crippen molar-refractivity contribution in [3.05, 3.63) is 65.0 Å². The molecule has 0 unspecified atom stereocenters. The Labute approximate surface area is 145 Å². The quantitative estimate of drug-likeness (QED) is 0.576. The molecule has 0 aliphatic heterocycles. The van der Waals surface area contributed by atoms with E-state index in [9.17, 15) is 9.59 Å². The van der Waals surface area contributed by atoms with Gasteiger partial charge in [-0.25, -0.2) is 9.97 Å². The van der Waals surface area contributed by atoms with Crippen LogP contribution in [0.4, 0.5) is 5.69 Å². The van der Waals surface area contributed by atoms with Crippen molar-refractivity contribution in [2.24, 2.45) is 0 Å². The van der Waals surface area contributed by atoms with Crippen LogP contribution in [0.15, 0.2) is 42.5 Å². The Bertz CT molecular complexity index is 1020. The largest absolute Gasteiger partial charge is 0.372 e. The van der Waals surface area contributed by atoms with E-state index in [1.165, 1.54) is 0 Å². The molecule has 0 N–H and O–H groups in total. The molecular weight excluding hydrogens is 314 g/mol. The summed E-state index contributed by atoms with van der Waals surface area (Å²) in [7, 11) is 0. The Kier molecular flexibility index (Phi) is 3.57. The number of anilines is 1. The highest BCUT2D eigenvalue weighted by Crippen LogP contribution is 2.28. The average Bonchev–Trinajstić information content (AvgIpc) is 2.66. The maximum absolute atomic E-state index is 12.8. The number of benzene rings is 2. The summed E-state index contributed by atoms with van der Waals surface area (Å²) >= 11 is 0. The fourth-order valence-electron chi connectivity index (χ4n) is 3.28. The molecule has 3 aromatic rings. The molecule has 0 fully saturated rings. The smallest absolute Gasteiger partial charge is 0.214 e. The molecule has 1 aromatic heterocycles. The molecule has 1 aliphatic carbocycles. The second-order valence-corrected chi connectivity index (χ2v) is 5.97. The van der Waals surface area contributed by atoms with E-state index >= 15 is 0 Å². The highest BCUT2D eigenvalue weighted by molar-refractivity contribution is 6.27. The van der Waals surface area contributed by atoms with Crippen LogP contribution in [-0.2, 0) is 0 Å². The third-order valence-corrected chi connectivity index (χ3v) is 4.62. The van der Waals surface area contributed by atoms with E-state index in [1.807, 2.05) is 18.2 Å². The molecule has 1 heterocycles. The van der Waals surface area contributed by atoms with E-state index in [1.54, 1.807) is 24.3 Å². The summed E-state index contributed by atoms with van der Waals surface area (Å²) in [6, 6.07) is 12.6. The standard InChI is InChI=1S/C20H17N3O2/c1-3-23(4-2)12-9-10-15-16(11-12)22-18-17(21-15)19(24)13-7-5-6-8-14(13)20(18)25/h5-11H,3-4H2,1-2H3. The third-order valence-electron chi connectivity index (χ3n) is 4.62. The molecule has 5 nitrogen and oxygen atoms in total. The zero-order chi connectivity index (χ0) is 17.6. The molecule has 0 spiro atoms. The molecule has 2 aromatic carbocycles. The Morgan fingerprint density at radius 1 is 0.800 bits per heavy atom. The SMILES string of the molecule is CCN(CC)c1ccc2nc3c(nc2c1)C(=O)c1ccccc1C3=O. The minimum Gasteiger partial charge on any atom is -0.372 e. The van der Waals surface area contributed by atoms with E-state index in [2.05, 4.69) is 28.7 Å². The topological polar surface area (TPSA) is 63.2 Å². The molecule has 124 valence electrons. The predicted octanol–water partition coefficient (Wildman–Crippen LogP) is 3.25. The van der Waals surface area contributed by atoms with Crippen molar-refractivity contribution >= 4 is 28.3 Å². The van der Waals surface area contributed by atoms with Gasteiger partial charge in [0.2, 0.25) is 11.6 Å². The van der Waals surface area contributed by atoms with E-state index in [0.717, 1.165) is 18.8 Å². The van der Waals surface area contributed by atoms with Gasteiger partial charge in [-0.05, 0) is 32.0 Å². The minimum absolute atomic E-state index is 0.145. The molecule has 5 heteroatoms. The third kappa shape index (κ3) is 2.31. The first kappa shape index (κ1) is 15.4. The summed E-state index contributed by atoms with van der Waals surface area (Å²) in [5.74, 6) is -0.486. The van der Waals surface area contributed by atoms with Crippen LogP contribution < -0.4 is 4.90 Å². The fraction of sp³-hybridized carbons (Fsp3) is 0.200. The number of fused-ring (bicyclic) bond motifs is 3. The summed E-state index contributed by atoms with van der Waals surface area (Å²) in [5, 5.41) is 0. The van der Waals surface area contributed by atoms with Crippen LogP contribution in [0.25, 0.3) is 11.0 Å². The van der Waals surface area contributed by atoms with Gasteiger partial charge in [0.1, 0.15) is 11.4 Å². The number of rotatable bonds is 3. The van der Waals surface area contributed by atoms with Crippen molar-refractivity contribution in [1.29, 1.82) is 0 Å². The van der Waals surface area contributed by atoms with Crippen LogP contribution in [0.5, 0.6) is 0 Å². The van der Waals surface area contributed by atoms with Crippen LogP contribution in [0.2, 0.25) is 0 Å². The number of hydrogen-bond acceptors (Lipinski definition) is 5. The zero-order valence-corrected chi connectivity index (χ0v) is 14.1. The second-order valence-electron chi connectivity index (χ2n) is 5.97. The van der Waals surface area contributed by atoms with Crippen molar-refractivity contribution in [2.75, 3.05) is 18.0 Å². The Morgan fingerprint density at radius 2 is 1.36 bits per heavy atom. The predicted molar refractivity (Wildman–Crippen MR) is 96.4 cm³/mol. The molecule has 0 radical (unpaired) electrons. The normalized spacial score (nSPS) is 12.9. The van der Waals surface area contributed by atoms with Crippen LogP contribution in [0.3, 0.4) is 0 Å². The van der Waals surface area contributed by atoms with Gasteiger partial charge in [-0.1, -0.05) is 24.3 Å². The fourth-order valence-corrected chi connectivity index (χ4v) is 3.28. The maximum atomic E-state index is 12.8. The summed E-state index contributed by atoms with van der Waals surface area (Å²) in [4.78, 5) is 36.6. The van der Waals surface area contributed by atoms with E-state index in [4.69, 9.17) is 0 Å². The van der Waals surface area contributed by atoms with Gasteiger partial charge in [-0.15, -0.1) is 0 Å². The van der Waals surface area contributed by atoms with E-state index in [-0.39, 0.29) is 23.0 Å². The van der Waals surface area contributed by atoms with Crippen molar-refractivity contribution < 1.29 is 9.59 Å². The summed E-state index contributed by atoms with van der Waals surface area (Å²) in [6.07, 6.45) is 0. The zero-order valence-electron chi connectivity index (χ0n) is 14.1. The lowest BCUT2D eigenvalue weighted by molar-refractivity contribution is 0.0972. The Balaban J connectivity index is 1.91. The monoisotopic (exact) mass is 331 g/mol. The Hall–Kier alpha value is -3.08. The highest BCUT2D eigenvalue weighted by Gasteiger charge is 2.32. The van der Waals surface area contributed by atoms with Crippen molar-refractivity contribution in [3.8, 4) is 0 Å². The summed E-state index contributed by atoms with van der Waals surface area (Å²) < 4.78 is 0. The first-order valence-electron chi connectivity index (χ1n) is 8.39. The second kappa shape index (κ2) is 5.77. The number of ketones is 2. The van der Waals surface area contributed by atoms with E-state index in [0.29, 0.717) is 22.2 Å². The first-order chi connectivity index (χ1) is 12.1. The van der Waals surface area contributed by atoms with Gasteiger partial charge in [-0.3, -0.25) is 9.59 Å². The lowest BCUT2D eigenvalue weighted by Crippen LogP contribution is -2.24. The van der Waals surface area contributed by atoms with Gasteiger partial charge in [-0.2, -0.15) is 0 Å². The molecule has 0 saturated carbocycles. The van der Waals surface area contributed by atoms with Gasteiger partial charge in [0.05, 0.1) is 11.0 Å². The highest BCUT2D eigenvalue weighted by atomic mass is 16.1. The number of carbonyl (C=O) groups is 2. The van der Waals surface area contributed by atoms with Crippen LogP contribution >= 0.6 is 0 Å². The van der Waals surface area contributed by atoms with Crippen molar-refractivity contribution in [2.45, 2.75) is 13.8 Å². The van der Waals surface area contributed by atoms with Gasteiger partial charge < -0.3 is 4.90 Å². The van der Waals surface area contributed by atoms with Crippen molar-refractivity contribution in [1.82, 2.24) is 9.97 Å². The molecule has 4 rings (SSSR count). The molecule has 0 bridgehead atoms. The lowest BCUT2D eigenvalue weighted by Gasteiger charge is -2.21. The number of hydrogen-bond donors (Lipinski definition) is 0. The maximum Gasteiger partial charge on any atom is 0.214 e. The molecule has 0 amide bonds. The van der Waals surface area contributed by atoms with Crippen LogP contribution in [-0.4, -0.2) is 34.6 Å². The molecule has 1 aliphatic rings. The molecule has 25 heavy (non-hydrogen) atoms. The van der Waals surface area contributed by atoms with Gasteiger partial charge >= 0.3 is 0 Å². The molecular formula is C20H17N3O2. The summed E-state index contributed by atoms with van der Waals surface area (Å²) in [5.41, 5.74) is 3.36. The lowest BCUT2D eigenvalue weighted by atomic mass is 9.89. The van der Waals surface area contributed by atoms with Crippen LogP contribution in [0, 0.1) is 0 Å². The number of nitrogens with zero attached hydrogens (tertiary/aromatic N) is 3. The van der Waals surface area contributed by atoms with Gasteiger partial charge in [0, 0.05) is 29.9 Å². The number of carbonyl (C=O) groups excluding carboxylic acids is 2. The first-order valence-corrected chi connectivity index (χ1v) is 8.39. The van der Waals surface area contributed by atoms with E-state index < -0.39 is 0 Å². The average molecular weight is 331 g/mol. The number of aromatic nitrogens is 2. The molecule has 0 saturated heterocycles. The molecule has 0 atom stereocenters.